The molecule has 0 radical (unpaired) electrons. The smallest absolute Gasteiger partial charge is 0.255 e. The predicted octanol–water partition coefficient (Wildman–Crippen LogP) is 2.52. The minimum absolute atomic E-state index is 0.0317. The first-order valence-corrected chi connectivity index (χ1v) is 10.6. The Balaban J connectivity index is 2.05. The fourth-order valence-electron chi connectivity index (χ4n) is 2.23. The maximum Gasteiger partial charge on any atom is 0.255 e. The number of benzene rings is 2. The van der Waals surface area contributed by atoms with Crippen LogP contribution < -0.4 is 14.8 Å². The Morgan fingerprint density at radius 1 is 1.15 bits per heavy atom. The van der Waals surface area contributed by atoms with Crippen LogP contribution in [0.5, 0.6) is 5.75 Å². The monoisotopic (exact) mass is 394 g/mol. The van der Waals surface area contributed by atoms with Gasteiger partial charge in [0.05, 0.1) is 17.6 Å². The molecule has 6 nitrogen and oxygen atoms in total. The molecule has 2 rings (SSSR count). The average Bonchev–Trinajstić information content (AvgIpc) is 2.65. The molecule has 140 valence electrons. The van der Waals surface area contributed by atoms with Gasteiger partial charge in [-0.3, -0.25) is 4.79 Å². The first-order chi connectivity index (χ1) is 12.5. The van der Waals surface area contributed by atoms with E-state index >= 15 is 0 Å². The minimum atomic E-state index is -3.71. The highest BCUT2D eigenvalue weighted by Crippen LogP contribution is 2.22. The molecule has 0 aliphatic carbocycles. The molecule has 0 atom stereocenters. The topological polar surface area (TPSA) is 84.5 Å². The molecule has 0 aliphatic rings. The highest BCUT2D eigenvalue weighted by Gasteiger charge is 2.19. The van der Waals surface area contributed by atoms with Gasteiger partial charge in [0.25, 0.3) is 5.91 Å². The van der Waals surface area contributed by atoms with E-state index < -0.39 is 10.0 Å². The van der Waals surface area contributed by atoms with Gasteiger partial charge >= 0.3 is 0 Å². The SMILES string of the molecule is CCNC(=O)c1cc(S(=O)(=O)NCCSc2ccccc2)ccc1OC. The van der Waals surface area contributed by atoms with Crippen molar-refractivity contribution < 1.29 is 17.9 Å². The Labute approximate surface area is 158 Å². The van der Waals surface area contributed by atoms with Crippen LogP contribution in [0.15, 0.2) is 58.3 Å². The number of rotatable bonds is 9. The number of methoxy groups -OCH3 is 1. The number of hydrogen-bond donors (Lipinski definition) is 2. The average molecular weight is 395 g/mol. The molecule has 26 heavy (non-hydrogen) atoms. The van der Waals surface area contributed by atoms with Crippen LogP contribution in [-0.2, 0) is 10.0 Å². The van der Waals surface area contributed by atoms with Crippen molar-refractivity contribution in [2.24, 2.45) is 0 Å². The van der Waals surface area contributed by atoms with Gasteiger partial charge in [0.15, 0.2) is 0 Å². The molecular formula is C18H22N2O4S2. The summed E-state index contributed by atoms with van der Waals surface area (Å²) in [5.41, 5.74) is 0.191. The van der Waals surface area contributed by atoms with Crippen LogP contribution in [0.25, 0.3) is 0 Å². The zero-order valence-electron chi connectivity index (χ0n) is 14.7. The van der Waals surface area contributed by atoms with Gasteiger partial charge in [-0.2, -0.15) is 0 Å². The first kappa shape index (κ1) is 20.3. The van der Waals surface area contributed by atoms with E-state index in [9.17, 15) is 13.2 Å². The zero-order chi connectivity index (χ0) is 19.0. The zero-order valence-corrected chi connectivity index (χ0v) is 16.3. The molecule has 2 aromatic rings. The molecule has 0 heterocycles. The number of carbonyl (C=O) groups excluding carboxylic acids is 1. The van der Waals surface area contributed by atoms with Crippen molar-refractivity contribution in [3.63, 3.8) is 0 Å². The summed E-state index contributed by atoms with van der Waals surface area (Å²) in [6, 6.07) is 14.0. The van der Waals surface area contributed by atoms with Gasteiger partial charge in [-0.15, -0.1) is 11.8 Å². The number of thioether (sulfide) groups is 1. The van der Waals surface area contributed by atoms with E-state index in [0.29, 0.717) is 18.0 Å². The van der Waals surface area contributed by atoms with E-state index in [1.807, 2.05) is 30.3 Å². The van der Waals surface area contributed by atoms with Crippen LogP contribution >= 0.6 is 11.8 Å². The van der Waals surface area contributed by atoms with E-state index in [0.717, 1.165) is 4.90 Å². The Kier molecular flexibility index (Phi) is 7.50. The Bertz CT molecular complexity index is 840. The molecule has 0 spiro atoms. The molecule has 1 amide bonds. The van der Waals surface area contributed by atoms with E-state index in [-0.39, 0.29) is 22.9 Å². The Morgan fingerprint density at radius 3 is 2.54 bits per heavy atom. The molecule has 0 unspecified atom stereocenters. The second kappa shape index (κ2) is 9.61. The van der Waals surface area contributed by atoms with Crippen molar-refractivity contribution >= 4 is 27.7 Å². The van der Waals surface area contributed by atoms with Crippen molar-refractivity contribution in [1.82, 2.24) is 10.0 Å². The quantitative estimate of drug-likeness (QED) is 0.504. The largest absolute Gasteiger partial charge is 0.496 e. The van der Waals surface area contributed by atoms with E-state index in [1.165, 1.54) is 25.3 Å². The van der Waals surface area contributed by atoms with E-state index in [2.05, 4.69) is 10.0 Å². The summed E-state index contributed by atoms with van der Waals surface area (Å²) in [6.45, 7) is 2.51. The molecule has 0 saturated carbocycles. The predicted molar refractivity (Wildman–Crippen MR) is 103 cm³/mol. The number of amides is 1. The van der Waals surface area contributed by atoms with Crippen LogP contribution in [0.3, 0.4) is 0 Å². The summed E-state index contributed by atoms with van der Waals surface area (Å²) in [5, 5.41) is 2.65. The maximum atomic E-state index is 12.5. The number of carbonyl (C=O) groups is 1. The summed E-state index contributed by atoms with van der Waals surface area (Å²) in [7, 11) is -2.27. The highest BCUT2D eigenvalue weighted by atomic mass is 32.2. The van der Waals surface area contributed by atoms with E-state index in [4.69, 9.17) is 4.74 Å². The van der Waals surface area contributed by atoms with Crippen molar-refractivity contribution in [2.75, 3.05) is 26.0 Å². The molecule has 2 N–H and O–H groups in total. The van der Waals surface area contributed by atoms with Crippen LogP contribution in [-0.4, -0.2) is 40.3 Å². The van der Waals surface area contributed by atoms with Gasteiger partial charge in [-0.05, 0) is 37.3 Å². The lowest BCUT2D eigenvalue weighted by molar-refractivity contribution is 0.0952. The fraction of sp³-hybridized carbons (Fsp3) is 0.278. The summed E-state index contributed by atoms with van der Waals surface area (Å²) >= 11 is 1.57. The summed E-state index contributed by atoms with van der Waals surface area (Å²) in [5.74, 6) is 0.554. The van der Waals surface area contributed by atoms with Gasteiger partial charge < -0.3 is 10.1 Å². The molecular weight excluding hydrogens is 372 g/mol. The van der Waals surface area contributed by atoms with Crippen molar-refractivity contribution in [3.05, 3.63) is 54.1 Å². The minimum Gasteiger partial charge on any atom is -0.496 e. The summed E-state index contributed by atoms with van der Waals surface area (Å²) < 4.78 is 32.7. The fourth-order valence-corrected chi connectivity index (χ4v) is 4.21. The van der Waals surface area contributed by atoms with Crippen LogP contribution in [0, 0.1) is 0 Å². The molecule has 0 aromatic heterocycles. The third-order valence-electron chi connectivity index (χ3n) is 3.47. The summed E-state index contributed by atoms with van der Waals surface area (Å²) in [6.07, 6.45) is 0. The van der Waals surface area contributed by atoms with Crippen LogP contribution in [0.1, 0.15) is 17.3 Å². The Hall–Kier alpha value is -2.03. The number of ether oxygens (including phenoxy) is 1. The maximum absolute atomic E-state index is 12.5. The van der Waals surface area contributed by atoms with Crippen LogP contribution in [0.4, 0.5) is 0 Å². The van der Waals surface area contributed by atoms with Gasteiger partial charge in [-0.1, -0.05) is 18.2 Å². The van der Waals surface area contributed by atoms with Crippen LogP contribution in [0.2, 0.25) is 0 Å². The highest BCUT2D eigenvalue weighted by molar-refractivity contribution is 7.99. The van der Waals surface area contributed by atoms with E-state index in [1.54, 1.807) is 18.7 Å². The molecule has 8 heteroatoms. The number of nitrogens with one attached hydrogen (secondary N) is 2. The molecule has 2 aromatic carbocycles. The second-order valence-corrected chi connectivity index (χ2v) is 8.22. The normalized spacial score (nSPS) is 11.2. The first-order valence-electron chi connectivity index (χ1n) is 8.11. The number of hydrogen-bond acceptors (Lipinski definition) is 5. The molecule has 0 fully saturated rings. The van der Waals surface area contributed by atoms with Gasteiger partial charge in [0.1, 0.15) is 5.75 Å². The van der Waals surface area contributed by atoms with Gasteiger partial charge in [0.2, 0.25) is 10.0 Å². The standard InChI is InChI=1S/C18H22N2O4S2/c1-3-19-18(21)16-13-15(9-10-17(16)24-2)26(22,23)20-11-12-25-14-7-5-4-6-8-14/h4-10,13,20H,3,11-12H2,1-2H3,(H,19,21). The molecule has 0 saturated heterocycles. The lowest BCUT2D eigenvalue weighted by atomic mass is 10.2. The van der Waals surface area contributed by atoms with Crippen molar-refractivity contribution in [2.45, 2.75) is 16.7 Å². The second-order valence-electron chi connectivity index (χ2n) is 5.28. The summed E-state index contributed by atoms with van der Waals surface area (Å²) in [4.78, 5) is 13.2. The van der Waals surface area contributed by atoms with Gasteiger partial charge in [-0.25, -0.2) is 13.1 Å². The lowest BCUT2D eigenvalue weighted by Gasteiger charge is -2.11. The number of sulfonamides is 1. The molecule has 0 bridgehead atoms. The Morgan fingerprint density at radius 2 is 1.88 bits per heavy atom. The third-order valence-corrected chi connectivity index (χ3v) is 5.94. The lowest BCUT2D eigenvalue weighted by Crippen LogP contribution is -2.27. The van der Waals surface area contributed by atoms with Crippen molar-refractivity contribution in [1.29, 1.82) is 0 Å². The van der Waals surface area contributed by atoms with Gasteiger partial charge in [0, 0.05) is 23.7 Å². The third kappa shape index (κ3) is 5.48. The molecule has 0 aliphatic heterocycles. The van der Waals surface area contributed by atoms with Crippen molar-refractivity contribution in [3.8, 4) is 5.75 Å².